The summed E-state index contributed by atoms with van der Waals surface area (Å²) in [7, 11) is 0. The molecule has 0 N–H and O–H groups in total. The predicted octanol–water partition coefficient (Wildman–Crippen LogP) is 8.84. The third-order valence-corrected chi connectivity index (χ3v) is 8.61. The Morgan fingerprint density at radius 3 is 1.87 bits per heavy atom. The minimum absolute atomic E-state index is 0.155. The van der Waals surface area contributed by atoms with Crippen molar-refractivity contribution in [2.75, 3.05) is 13.2 Å². The Balaban J connectivity index is 0.984. The number of aryl methyl sites for hydroxylation is 1. The van der Waals surface area contributed by atoms with Gasteiger partial charge in [0.25, 0.3) is 6.29 Å². The Morgan fingerprint density at radius 2 is 1.28 bits per heavy atom. The summed E-state index contributed by atoms with van der Waals surface area (Å²) in [5.41, 5.74) is 3.73. The molecule has 8 rings (SSSR count). The molecule has 0 radical (unpaired) electrons. The highest BCUT2D eigenvalue weighted by atomic mass is 16.7. The second kappa shape index (κ2) is 11.5. The van der Waals surface area contributed by atoms with Crippen molar-refractivity contribution in [3.05, 3.63) is 132 Å². The number of epoxide rings is 1. The van der Waals surface area contributed by atoms with Gasteiger partial charge in [-0.25, -0.2) is 0 Å². The maximum absolute atomic E-state index is 12.7. The third kappa shape index (κ3) is 5.64. The molecule has 6 nitrogen and oxygen atoms in total. The molecular weight excluding hydrogens is 576 g/mol. The van der Waals surface area contributed by atoms with E-state index in [1.54, 1.807) is 12.1 Å². The fraction of sp³-hybridized carbons (Fsp3) is 0.175. The highest BCUT2D eigenvalue weighted by Crippen LogP contribution is 2.49. The number of rotatable bonds is 8. The predicted molar refractivity (Wildman–Crippen MR) is 178 cm³/mol. The van der Waals surface area contributed by atoms with Gasteiger partial charge in [0.1, 0.15) is 35.2 Å². The Morgan fingerprint density at radius 1 is 0.717 bits per heavy atom. The van der Waals surface area contributed by atoms with Gasteiger partial charge in [-0.05, 0) is 89.0 Å². The molecule has 1 atom stereocenters. The van der Waals surface area contributed by atoms with Gasteiger partial charge >= 0.3 is 5.97 Å². The zero-order chi connectivity index (χ0) is 31.1. The van der Waals surface area contributed by atoms with Crippen LogP contribution in [0.4, 0.5) is 0 Å². The van der Waals surface area contributed by atoms with Crippen molar-refractivity contribution < 1.29 is 28.5 Å². The molecule has 0 saturated carbocycles. The highest BCUT2D eigenvalue weighted by molar-refractivity contribution is 6.09. The van der Waals surface area contributed by atoms with E-state index in [1.165, 1.54) is 0 Å². The first-order chi connectivity index (χ1) is 22.5. The molecule has 1 saturated heterocycles. The maximum atomic E-state index is 12.7. The van der Waals surface area contributed by atoms with E-state index in [1.807, 2.05) is 67.6 Å². The Kier molecular flexibility index (Phi) is 7.07. The lowest BCUT2D eigenvalue weighted by Crippen LogP contribution is -2.16. The van der Waals surface area contributed by atoms with E-state index >= 15 is 0 Å². The molecule has 46 heavy (non-hydrogen) atoms. The summed E-state index contributed by atoms with van der Waals surface area (Å²) >= 11 is 0. The van der Waals surface area contributed by atoms with Gasteiger partial charge in [0, 0.05) is 23.1 Å². The van der Waals surface area contributed by atoms with Crippen LogP contribution in [0.25, 0.3) is 32.7 Å². The topological polar surface area (TPSA) is 66.5 Å². The molecule has 1 fully saturated rings. The number of benzene rings is 6. The van der Waals surface area contributed by atoms with E-state index < -0.39 is 6.29 Å². The van der Waals surface area contributed by atoms with Crippen LogP contribution in [0.5, 0.6) is 23.0 Å². The van der Waals surface area contributed by atoms with E-state index in [0.717, 1.165) is 67.7 Å². The van der Waals surface area contributed by atoms with Crippen molar-refractivity contribution in [2.45, 2.75) is 31.7 Å². The van der Waals surface area contributed by atoms with Gasteiger partial charge in [0.15, 0.2) is 0 Å². The first-order valence-electron chi connectivity index (χ1n) is 15.5. The van der Waals surface area contributed by atoms with Gasteiger partial charge < -0.3 is 23.7 Å². The first kappa shape index (κ1) is 28.2. The van der Waals surface area contributed by atoms with Gasteiger partial charge in [-0.2, -0.15) is 0 Å². The van der Waals surface area contributed by atoms with Crippen LogP contribution in [0.2, 0.25) is 0 Å². The van der Waals surface area contributed by atoms with Crippen LogP contribution >= 0.6 is 0 Å². The van der Waals surface area contributed by atoms with Crippen LogP contribution < -0.4 is 18.9 Å². The molecule has 0 amide bonds. The van der Waals surface area contributed by atoms with Crippen molar-refractivity contribution in [3.63, 3.8) is 0 Å². The summed E-state index contributed by atoms with van der Waals surface area (Å²) in [5, 5.41) is 4.47. The zero-order valence-electron chi connectivity index (χ0n) is 25.4. The fourth-order valence-electron chi connectivity index (χ4n) is 5.92. The third-order valence-electron chi connectivity index (χ3n) is 8.61. The lowest BCUT2D eigenvalue weighted by Gasteiger charge is -2.19. The Labute approximate surface area is 267 Å². The van der Waals surface area contributed by atoms with Crippen LogP contribution in [0.1, 0.15) is 30.8 Å². The SMILES string of the molecule is CC1(COc2ccc(CCC(=O)Oc3ccc(C4Oc5ccc6ccccc6c5-c5c(ccc6ccccc56)O4)cc3)cc2)CO1. The minimum Gasteiger partial charge on any atom is -0.491 e. The fourth-order valence-corrected chi connectivity index (χ4v) is 5.92. The van der Waals surface area contributed by atoms with E-state index in [-0.39, 0.29) is 18.0 Å². The molecule has 228 valence electrons. The molecule has 0 bridgehead atoms. The molecular formula is C40H32O6. The number of ether oxygens (including phenoxy) is 5. The summed E-state index contributed by atoms with van der Waals surface area (Å²) in [6.07, 6.45) is 0.140. The molecule has 6 heteroatoms. The van der Waals surface area contributed by atoms with Crippen molar-refractivity contribution in [2.24, 2.45) is 0 Å². The summed E-state index contributed by atoms with van der Waals surface area (Å²) in [6, 6.07) is 40.0. The smallest absolute Gasteiger partial charge is 0.311 e. The van der Waals surface area contributed by atoms with Crippen LogP contribution in [0, 0.1) is 0 Å². The monoisotopic (exact) mass is 608 g/mol. The molecule has 6 aromatic carbocycles. The highest BCUT2D eigenvalue weighted by Gasteiger charge is 2.40. The quantitative estimate of drug-likeness (QED) is 0.0977. The van der Waals surface area contributed by atoms with Gasteiger partial charge in [-0.15, -0.1) is 0 Å². The number of carbonyl (C=O) groups is 1. The standard InChI is InChI=1S/C40H32O6/c1-40(25-43-40)24-42-30-17-10-26(11-18-30)12-23-36(41)44-31-19-13-29(14-20-31)39-45-34-21-15-27-6-2-4-8-32(27)37(34)38-33-9-5-3-7-28(33)16-22-35(38)46-39/h2-11,13-22,39H,12,23-25H2,1H3. The number of carbonyl (C=O) groups excluding carboxylic acids is 1. The Bertz CT molecular complexity index is 1970. The molecule has 2 heterocycles. The van der Waals surface area contributed by atoms with Gasteiger partial charge in [0.2, 0.25) is 0 Å². The molecule has 6 aromatic rings. The first-order valence-corrected chi connectivity index (χ1v) is 15.5. The number of hydrogen-bond acceptors (Lipinski definition) is 6. The van der Waals surface area contributed by atoms with Gasteiger partial charge in [-0.1, -0.05) is 72.8 Å². The zero-order valence-corrected chi connectivity index (χ0v) is 25.4. The maximum Gasteiger partial charge on any atom is 0.311 e. The van der Waals surface area contributed by atoms with Crippen molar-refractivity contribution >= 4 is 27.5 Å². The minimum atomic E-state index is -0.696. The Hall–Kier alpha value is -5.33. The average molecular weight is 609 g/mol. The second-order valence-electron chi connectivity index (χ2n) is 12.1. The van der Waals surface area contributed by atoms with E-state index in [4.69, 9.17) is 23.7 Å². The normalized spacial score (nSPS) is 16.9. The van der Waals surface area contributed by atoms with Crippen LogP contribution in [-0.2, 0) is 16.0 Å². The molecule has 0 aliphatic carbocycles. The lowest BCUT2D eigenvalue weighted by atomic mass is 9.92. The van der Waals surface area contributed by atoms with Crippen LogP contribution in [0.3, 0.4) is 0 Å². The number of fused-ring (bicyclic) bond motifs is 7. The van der Waals surface area contributed by atoms with Gasteiger partial charge in [-0.3, -0.25) is 4.79 Å². The molecule has 2 aliphatic rings. The summed E-state index contributed by atoms with van der Waals surface area (Å²) in [4.78, 5) is 12.7. The number of hydrogen-bond donors (Lipinski definition) is 0. The summed E-state index contributed by atoms with van der Waals surface area (Å²) in [6.45, 7) is 3.29. The summed E-state index contributed by atoms with van der Waals surface area (Å²) < 4.78 is 30.0. The second-order valence-corrected chi connectivity index (χ2v) is 12.1. The van der Waals surface area contributed by atoms with Crippen LogP contribution in [0.15, 0.2) is 121 Å². The molecule has 0 aromatic heterocycles. The average Bonchev–Trinajstić information content (AvgIpc) is 3.86. The van der Waals surface area contributed by atoms with Crippen molar-refractivity contribution in [1.82, 2.24) is 0 Å². The van der Waals surface area contributed by atoms with E-state index in [2.05, 4.69) is 48.5 Å². The van der Waals surface area contributed by atoms with E-state index in [9.17, 15) is 4.79 Å². The van der Waals surface area contributed by atoms with Crippen molar-refractivity contribution in [1.29, 1.82) is 0 Å². The molecule has 2 aliphatic heterocycles. The van der Waals surface area contributed by atoms with Crippen LogP contribution in [-0.4, -0.2) is 24.8 Å². The largest absolute Gasteiger partial charge is 0.491 e. The van der Waals surface area contributed by atoms with Gasteiger partial charge in [0.05, 0.1) is 6.61 Å². The summed E-state index contributed by atoms with van der Waals surface area (Å²) in [5.74, 6) is 2.47. The van der Waals surface area contributed by atoms with Crippen molar-refractivity contribution in [3.8, 4) is 34.1 Å². The number of esters is 1. The molecule has 0 spiro atoms. The molecule has 1 unspecified atom stereocenters. The lowest BCUT2D eigenvalue weighted by molar-refractivity contribution is -0.134. The van der Waals surface area contributed by atoms with E-state index in [0.29, 0.717) is 18.8 Å².